The van der Waals surface area contributed by atoms with E-state index >= 15 is 0 Å². The van der Waals surface area contributed by atoms with Crippen LogP contribution in [-0.4, -0.2) is 39.3 Å². The third-order valence-corrected chi connectivity index (χ3v) is 5.54. The predicted octanol–water partition coefficient (Wildman–Crippen LogP) is 4.65. The Balaban J connectivity index is 1.44. The van der Waals surface area contributed by atoms with E-state index in [0.29, 0.717) is 30.2 Å². The number of ether oxygens (including phenoxy) is 1. The van der Waals surface area contributed by atoms with Gasteiger partial charge in [-0.25, -0.2) is 14.6 Å². The van der Waals surface area contributed by atoms with Crippen LogP contribution in [0.15, 0.2) is 72.9 Å². The van der Waals surface area contributed by atoms with Crippen molar-refractivity contribution in [2.75, 3.05) is 13.7 Å². The van der Waals surface area contributed by atoms with Gasteiger partial charge in [-0.3, -0.25) is 4.79 Å². The molecule has 2 aromatic carbocycles. The summed E-state index contributed by atoms with van der Waals surface area (Å²) in [7, 11) is 1.58. The Morgan fingerprint density at radius 2 is 1.88 bits per heavy atom. The molecule has 7 nitrogen and oxygen atoms in total. The van der Waals surface area contributed by atoms with Crippen LogP contribution in [0, 0.1) is 0 Å². The van der Waals surface area contributed by atoms with Crippen LogP contribution < -0.4 is 10.1 Å². The van der Waals surface area contributed by atoms with Crippen molar-refractivity contribution in [3.05, 3.63) is 89.9 Å². The summed E-state index contributed by atoms with van der Waals surface area (Å²) in [6.07, 6.45) is 5.39. The lowest BCUT2D eigenvalue weighted by molar-refractivity contribution is 0.0953. The first kappa shape index (κ1) is 23.2. The number of aromatic nitrogens is 4. The van der Waals surface area contributed by atoms with Crippen LogP contribution in [0.3, 0.4) is 0 Å². The molecule has 0 fully saturated rings. The SMILES string of the molecule is CCc1nc(-c2ccc(OC)nc2)n(-c2cccc(C(=O)NCCCCc3ccccc3)c2)n1. The van der Waals surface area contributed by atoms with Gasteiger partial charge in [-0.15, -0.1) is 0 Å². The molecule has 1 N–H and O–H groups in total. The van der Waals surface area contributed by atoms with Crippen LogP contribution in [0.5, 0.6) is 5.88 Å². The number of hydrogen-bond acceptors (Lipinski definition) is 5. The fourth-order valence-corrected chi connectivity index (χ4v) is 3.69. The van der Waals surface area contributed by atoms with Gasteiger partial charge in [0.1, 0.15) is 0 Å². The highest BCUT2D eigenvalue weighted by Gasteiger charge is 2.15. The van der Waals surface area contributed by atoms with Crippen LogP contribution in [-0.2, 0) is 12.8 Å². The molecular weight excluding hydrogens is 426 g/mol. The number of benzene rings is 2. The minimum Gasteiger partial charge on any atom is -0.481 e. The van der Waals surface area contributed by atoms with Crippen molar-refractivity contribution in [2.24, 2.45) is 0 Å². The molecule has 0 radical (unpaired) electrons. The number of pyridine rings is 1. The van der Waals surface area contributed by atoms with Gasteiger partial charge >= 0.3 is 0 Å². The van der Waals surface area contributed by atoms with Crippen molar-refractivity contribution in [2.45, 2.75) is 32.6 Å². The van der Waals surface area contributed by atoms with Crippen molar-refractivity contribution in [3.8, 4) is 23.0 Å². The molecule has 4 aromatic rings. The fourth-order valence-electron chi connectivity index (χ4n) is 3.69. The molecule has 2 heterocycles. The summed E-state index contributed by atoms with van der Waals surface area (Å²) in [5, 5.41) is 7.68. The van der Waals surface area contributed by atoms with Gasteiger partial charge in [-0.05, 0) is 49.1 Å². The van der Waals surface area contributed by atoms with Gasteiger partial charge in [0.15, 0.2) is 11.6 Å². The molecule has 7 heteroatoms. The Morgan fingerprint density at radius 1 is 1.03 bits per heavy atom. The Hall–Kier alpha value is -4.00. The van der Waals surface area contributed by atoms with Gasteiger partial charge < -0.3 is 10.1 Å². The number of rotatable bonds is 10. The van der Waals surface area contributed by atoms with Crippen LogP contribution in [0.4, 0.5) is 0 Å². The Morgan fingerprint density at radius 3 is 2.62 bits per heavy atom. The van der Waals surface area contributed by atoms with Gasteiger partial charge in [0.05, 0.1) is 12.8 Å². The maximum Gasteiger partial charge on any atom is 0.251 e. The average Bonchev–Trinajstić information content (AvgIpc) is 3.34. The minimum absolute atomic E-state index is 0.0925. The molecule has 0 aliphatic carbocycles. The van der Waals surface area contributed by atoms with Crippen molar-refractivity contribution >= 4 is 5.91 Å². The van der Waals surface area contributed by atoms with Crippen LogP contribution in [0.1, 0.15) is 41.5 Å². The number of amides is 1. The summed E-state index contributed by atoms with van der Waals surface area (Å²) in [5.74, 6) is 1.84. The van der Waals surface area contributed by atoms with E-state index in [-0.39, 0.29) is 5.91 Å². The second kappa shape index (κ2) is 11.2. The lowest BCUT2D eigenvalue weighted by Crippen LogP contribution is -2.24. The van der Waals surface area contributed by atoms with E-state index in [1.165, 1.54) is 5.56 Å². The second-order valence-electron chi connectivity index (χ2n) is 7.96. The number of methoxy groups -OCH3 is 1. The van der Waals surface area contributed by atoms with Crippen molar-refractivity contribution in [1.29, 1.82) is 0 Å². The first-order valence-corrected chi connectivity index (χ1v) is 11.6. The Kier molecular flexibility index (Phi) is 7.65. The predicted molar refractivity (Wildman–Crippen MR) is 132 cm³/mol. The van der Waals surface area contributed by atoms with Crippen LogP contribution in [0.25, 0.3) is 17.1 Å². The lowest BCUT2D eigenvalue weighted by atomic mass is 10.1. The van der Waals surface area contributed by atoms with E-state index in [4.69, 9.17) is 4.74 Å². The van der Waals surface area contributed by atoms with Crippen molar-refractivity contribution in [3.63, 3.8) is 0 Å². The normalized spacial score (nSPS) is 10.8. The molecule has 2 aromatic heterocycles. The molecule has 4 rings (SSSR count). The highest BCUT2D eigenvalue weighted by molar-refractivity contribution is 5.94. The van der Waals surface area contributed by atoms with Gasteiger partial charge in [0.2, 0.25) is 5.88 Å². The third kappa shape index (κ3) is 5.67. The highest BCUT2D eigenvalue weighted by atomic mass is 16.5. The highest BCUT2D eigenvalue weighted by Crippen LogP contribution is 2.23. The molecule has 0 aliphatic heterocycles. The molecule has 174 valence electrons. The van der Waals surface area contributed by atoms with Gasteiger partial charge in [-0.2, -0.15) is 5.10 Å². The van der Waals surface area contributed by atoms with Gasteiger partial charge in [-0.1, -0.05) is 43.3 Å². The summed E-state index contributed by atoms with van der Waals surface area (Å²) in [6.45, 7) is 2.65. The maximum absolute atomic E-state index is 12.8. The molecule has 0 unspecified atom stereocenters. The molecular formula is C27H29N5O2. The third-order valence-electron chi connectivity index (χ3n) is 5.54. The molecule has 1 amide bonds. The summed E-state index contributed by atoms with van der Waals surface area (Å²) in [4.78, 5) is 21.7. The lowest BCUT2D eigenvalue weighted by Gasteiger charge is -2.09. The van der Waals surface area contributed by atoms with Crippen LogP contribution >= 0.6 is 0 Å². The quantitative estimate of drug-likeness (QED) is 0.352. The molecule has 0 saturated carbocycles. The van der Waals surface area contributed by atoms with E-state index in [9.17, 15) is 4.79 Å². The first-order chi connectivity index (χ1) is 16.7. The molecule has 0 saturated heterocycles. The van der Waals surface area contributed by atoms with Crippen molar-refractivity contribution in [1.82, 2.24) is 25.1 Å². The number of unbranched alkanes of at least 4 members (excludes halogenated alkanes) is 1. The average molecular weight is 456 g/mol. The first-order valence-electron chi connectivity index (χ1n) is 11.6. The van der Waals surface area contributed by atoms with Crippen molar-refractivity contribution < 1.29 is 9.53 Å². The fraction of sp³-hybridized carbons (Fsp3) is 0.259. The molecule has 0 aliphatic rings. The summed E-state index contributed by atoms with van der Waals surface area (Å²) in [6, 6.07) is 21.5. The zero-order valence-electron chi connectivity index (χ0n) is 19.6. The standard InChI is InChI=1S/C27H29N5O2/c1-3-24-30-26(22-15-16-25(34-2)29-19-22)32(31-24)23-14-9-13-21(18-23)27(33)28-17-8-7-12-20-10-5-4-6-11-20/h4-6,9-11,13-16,18-19H,3,7-8,12,17H2,1-2H3,(H,28,33). The molecule has 34 heavy (non-hydrogen) atoms. The number of hydrogen-bond donors (Lipinski definition) is 1. The topological polar surface area (TPSA) is 81.9 Å². The van der Waals surface area contributed by atoms with E-state index in [0.717, 1.165) is 36.3 Å². The molecule has 0 atom stereocenters. The van der Waals surface area contributed by atoms with E-state index < -0.39 is 0 Å². The number of carbonyl (C=O) groups is 1. The second-order valence-corrected chi connectivity index (χ2v) is 7.96. The van der Waals surface area contributed by atoms with Gasteiger partial charge in [0.25, 0.3) is 5.91 Å². The minimum atomic E-state index is -0.0925. The Labute approximate surface area is 199 Å². The molecule has 0 spiro atoms. The zero-order valence-corrected chi connectivity index (χ0v) is 19.6. The summed E-state index contributed by atoms with van der Waals surface area (Å²) in [5.41, 5.74) is 3.51. The monoisotopic (exact) mass is 455 g/mol. The van der Waals surface area contributed by atoms with E-state index in [2.05, 4.69) is 44.6 Å². The molecule has 0 bridgehead atoms. The number of aryl methyl sites for hydroxylation is 2. The maximum atomic E-state index is 12.8. The zero-order chi connectivity index (χ0) is 23.8. The largest absolute Gasteiger partial charge is 0.481 e. The van der Waals surface area contributed by atoms with E-state index in [1.807, 2.05) is 43.3 Å². The summed E-state index contributed by atoms with van der Waals surface area (Å²) < 4.78 is 6.92. The summed E-state index contributed by atoms with van der Waals surface area (Å²) >= 11 is 0. The van der Waals surface area contributed by atoms with E-state index in [1.54, 1.807) is 24.1 Å². The number of nitrogens with one attached hydrogen (secondary N) is 1. The van der Waals surface area contributed by atoms with Gasteiger partial charge in [0, 0.05) is 36.4 Å². The smallest absolute Gasteiger partial charge is 0.251 e. The number of carbonyl (C=O) groups excluding carboxylic acids is 1. The Bertz CT molecular complexity index is 1220. The number of nitrogens with zero attached hydrogens (tertiary/aromatic N) is 4. The van der Waals surface area contributed by atoms with Crippen LogP contribution in [0.2, 0.25) is 0 Å².